The van der Waals surface area contributed by atoms with E-state index in [0.717, 1.165) is 35.2 Å². The first kappa shape index (κ1) is 18.7. The first-order valence-electron chi connectivity index (χ1n) is 9.60. The molecule has 1 fully saturated rings. The minimum absolute atomic E-state index is 0.0574. The van der Waals surface area contributed by atoms with Crippen LogP contribution in [-0.2, 0) is 4.79 Å². The molecule has 28 heavy (non-hydrogen) atoms. The van der Waals surface area contributed by atoms with E-state index in [2.05, 4.69) is 20.8 Å². The fourth-order valence-corrected chi connectivity index (χ4v) is 3.77. The van der Waals surface area contributed by atoms with Crippen molar-refractivity contribution in [3.05, 3.63) is 53.6 Å². The minimum atomic E-state index is -0.0574. The van der Waals surface area contributed by atoms with Gasteiger partial charge in [0, 0.05) is 16.0 Å². The van der Waals surface area contributed by atoms with Crippen molar-refractivity contribution in [1.29, 1.82) is 0 Å². The molecular formula is C21H23ClN5O+. The maximum absolute atomic E-state index is 12.3. The van der Waals surface area contributed by atoms with E-state index in [0.29, 0.717) is 17.5 Å². The summed E-state index contributed by atoms with van der Waals surface area (Å²) in [7, 11) is 0. The maximum atomic E-state index is 12.3. The van der Waals surface area contributed by atoms with Crippen LogP contribution in [0.4, 0.5) is 5.95 Å². The van der Waals surface area contributed by atoms with E-state index in [9.17, 15) is 4.79 Å². The zero-order valence-corrected chi connectivity index (χ0v) is 16.3. The summed E-state index contributed by atoms with van der Waals surface area (Å²) in [6.45, 7) is 2.57. The summed E-state index contributed by atoms with van der Waals surface area (Å²) >= 11 is 6.18. The van der Waals surface area contributed by atoms with E-state index >= 15 is 0 Å². The van der Waals surface area contributed by atoms with Crippen LogP contribution in [0.1, 0.15) is 19.3 Å². The third-order valence-corrected chi connectivity index (χ3v) is 5.23. The van der Waals surface area contributed by atoms with Crippen molar-refractivity contribution < 1.29 is 9.69 Å². The topological polar surface area (TPSA) is 71.3 Å². The van der Waals surface area contributed by atoms with E-state index in [1.54, 1.807) is 6.07 Å². The molecule has 0 spiro atoms. The van der Waals surface area contributed by atoms with Gasteiger partial charge in [0.25, 0.3) is 5.91 Å². The second-order valence-electron chi connectivity index (χ2n) is 7.08. The van der Waals surface area contributed by atoms with Gasteiger partial charge in [-0.2, -0.15) is 0 Å². The Morgan fingerprint density at radius 3 is 2.61 bits per heavy atom. The number of halogens is 1. The molecule has 3 N–H and O–H groups in total. The summed E-state index contributed by atoms with van der Waals surface area (Å²) in [4.78, 5) is 22.8. The largest absolute Gasteiger partial charge is 0.327 e. The number of hydrazine groups is 1. The standard InChI is InChI=1S/C21H22ClN5O/c22-16-9-10-18-17(13-16)20(15-7-3-1-4-8-15)24-21(23-18)26-25-19(28)14-27-11-5-2-6-12-27/h1,3-4,7-10,13H,2,5-6,11-12,14H2,(H,25,28)(H,23,24,26)/p+1. The number of hydrogen-bond donors (Lipinski definition) is 3. The molecule has 2 aromatic carbocycles. The summed E-state index contributed by atoms with van der Waals surface area (Å²) in [5, 5.41) is 1.50. The number of quaternary nitrogens is 1. The van der Waals surface area contributed by atoms with Gasteiger partial charge in [-0.3, -0.25) is 15.6 Å². The average molecular weight is 397 g/mol. The zero-order valence-electron chi connectivity index (χ0n) is 15.5. The van der Waals surface area contributed by atoms with Gasteiger partial charge in [0.2, 0.25) is 5.95 Å². The Morgan fingerprint density at radius 2 is 1.82 bits per heavy atom. The number of hydrogen-bond acceptors (Lipinski definition) is 4. The first-order valence-corrected chi connectivity index (χ1v) is 9.98. The molecule has 4 rings (SSSR count). The minimum Gasteiger partial charge on any atom is -0.327 e. The Morgan fingerprint density at radius 1 is 1.04 bits per heavy atom. The molecule has 7 heteroatoms. The third kappa shape index (κ3) is 4.40. The Kier molecular flexibility index (Phi) is 5.69. The van der Waals surface area contributed by atoms with Gasteiger partial charge in [-0.15, -0.1) is 0 Å². The number of rotatable bonds is 5. The number of anilines is 1. The molecular weight excluding hydrogens is 374 g/mol. The second kappa shape index (κ2) is 8.54. The predicted molar refractivity (Wildman–Crippen MR) is 111 cm³/mol. The summed E-state index contributed by atoms with van der Waals surface area (Å²) < 4.78 is 0. The molecule has 1 saturated heterocycles. The molecule has 0 atom stereocenters. The Labute approximate surface area is 168 Å². The van der Waals surface area contributed by atoms with Crippen molar-refractivity contribution >= 4 is 34.4 Å². The van der Waals surface area contributed by atoms with Crippen molar-refractivity contribution in [1.82, 2.24) is 15.4 Å². The van der Waals surface area contributed by atoms with Crippen molar-refractivity contribution in [2.45, 2.75) is 19.3 Å². The molecule has 2 heterocycles. The monoisotopic (exact) mass is 396 g/mol. The summed E-state index contributed by atoms with van der Waals surface area (Å²) in [5.41, 5.74) is 8.12. The Balaban J connectivity index is 1.55. The van der Waals surface area contributed by atoms with Crippen molar-refractivity contribution in [3.63, 3.8) is 0 Å². The molecule has 0 aliphatic carbocycles. The van der Waals surface area contributed by atoms with Gasteiger partial charge < -0.3 is 4.90 Å². The number of nitrogens with zero attached hydrogens (tertiary/aromatic N) is 2. The van der Waals surface area contributed by atoms with E-state index in [4.69, 9.17) is 11.6 Å². The molecule has 0 saturated carbocycles. The Bertz CT molecular complexity index is 973. The van der Waals surface area contributed by atoms with Gasteiger partial charge in [-0.25, -0.2) is 9.97 Å². The molecule has 144 valence electrons. The van der Waals surface area contributed by atoms with Crippen LogP contribution in [0.3, 0.4) is 0 Å². The van der Waals surface area contributed by atoms with Gasteiger partial charge in [0.1, 0.15) is 0 Å². The van der Waals surface area contributed by atoms with E-state index < -0.39 is 0 Å². The van der Waals surface area contributed by atoms with Gasteiger partial charge >= 0.3 is 0 Å². The highest BCUT2D eigenvalue weighted by atomic mass is 35.5. The maximum Gasteiger partial charge on any atom is 0.293 e. The highest BCUT2D eigenvalue weighted by Gasteiger charge is 2.17. The number of piperidine rings is 1. The van der Waals surface area contributed by atoms with Gasteiger partial charge in [-0.05, 0) is 37.5 Å². The van der Waals surface area contributed by atoms with Crippen LogP contribution in [0.15, 0.2) is 48.5 Å². The van der Waals surface area contributed by atoms with Crippen LogP contribution in [0.2, 0.25) is 5.02 Å². The lowest BCUT2D eigenvalue weighted by Gasteiger charge is -2.22. The molecule has 1 amide bonds. The lowest BCUT2D eigenvalue weighted by Crippen LogP contribution is -3.14. The van der Waals surface area contributed by atoms with Crippen LogP contribution < -0.4 is 15.8 Å². The summed E-state index contributed by atoms with van der Waals surface area (Å²) in [5.74, 6) is 0.300. The average Bonchev–Trinajstić information content (AvgIpc) is 2.73. The SMILES string of the molecule is O=C(C[NH+]1CCCCC1)NNc1nc(-c2ccccc2)c2cc(Cl)ccc2n1. The van der Waals surface area contributed by atoms with Gasteiger partial charge in [0.05, 0.1) is 24.3 Å². The van der Waals surface area contributed by atoms with Crippen molar-refractivity contribution in [3.8, 4) is 11.3 Å². The van der Waals surface area contributed by atoms with Crippen LogP contribution in [0.25, 0.3) is 22.2 Å². The predicted octanol–water partition coefficient (Wildman–Crippen LogP) is 2.46. The number of carbonyl (C=O) groups excluding carboxylic acids is 1. The number of amides is 1. The quantitative estimate of drug-likeness (QED) is 0.579. The summed E-state index contributed by atoms with van der Waals surface area (Å²) in [6, 6.07) is 15.4. The van der Waals surface area contributed by atoms with Crippen LogP contribution >= 0.6 is 11.6 Å². The number of carbonyl (C=O) groups is 1. The van der Waals surface area contributed by atoms with Crippen molar-refractivity contribution in [2.24, 2.45) is 0 Å². The van der Waals surface area contributed by atoms with Crippen LogP contribution in [-0.4, -0.2) is 35.5 Å². The second-order valence-corrected chi connectivity index (χ2v) is 7.52. The van der Waals surface area contributed by atoms with Crippen LogP contribution in [0.5, 0.6) is 0 Å². The number of aromatic nitrogens is 2. The molecule has 0 radical (unpaired) electrons. The van der Waals surface area contributed by atoms with E-state index in [1.165, 1.54) is 24.2 Å². The molecule has 1 aromatic heterocycles. The lowest BCUT2D eigenvalue weighted by atomic mass is 10.1. The number of likely N-dealkylation sites (tertiary alicyclic amines) is 1. The Hall–Kier alpha value is -2.70. The highest BCUT2D eigenvalue weighted by Crippen LogP contribution is 2.29. The summed E-state index contributed by atoms with van der Waals surface area (Å²) in [6.07, 6.45) is 3.64. The smallest absolute Gasteiger partial charge is 0.293 e. The molecule has 6 nitrogen and oxygen atoms in total. The van der Waals surface area contributed by atoms with Crippen LogP contribution in [0, 0.1) is 0 Å². The first-order chi connectivity index (χ1) is 13.7. The number of nitrogens with one attached hydrogen (secondary N) is 3. The molecule has 1 aliphatic rings. The number of benzene rings is 2. The molecule has 3 aromatic rings. The molecule has 1 aliphatic heterocycles. The fraction of sp³-hybridized carbons (Fsp3) is 0.286. The fourth-order valence-electron chi connectivity index (χ4n) is 3.60. The lowest BCUT2D eigenvalue weighted by molar-refractivity contribution is -0.896. The van der Waals surface area contributed by atoms with E-state index in [1.807, 2.05) is 42.5 Å². The molecule has 0 unspecified atom stereocenters. The zero-order chi connectivity index (χ0) is 19.3. The highest BCUT2D eigenvalue weighted by molar-refractivity contribution is 6.31. The number of fused-ring (bicyclic) bond motifs is 1. The van der Waals surface area contributed by atoms with Crippen molar-refractivity contribution in [2.75, 3.05) is 25.1 Å². The normalized spacial score (nSPS) is 14.8. The molecule has 0 bridgehead atoms. The third-order valence-electron chi connectivity index (χ3n) is 4.99. The van der Waals surface area contributed by atoms with Gasteiger partial charge in [-0.1, -0.05) is 41.9 Å². The van der Waals surface area contributed by atoms with Gasteiger partial charge in [0.15, 0.2) is 6.54 Å². The van der Waals surface area contributed by atoms with E-state index in [-0.39, 0.29) is 5.91 Å².